The molecule has 94 valence electrons. The van der Waals surface area contributed by atoms with E-state index in [2.05, 4.69) is 41.6 Å². The van der Waals surface area contributed by atoms with Gasteiger partial charge in [0.1, 0.15) is 0 Å². The number of benzene rings is 1. The highest BCUT2D eigenvalue weighted by Crippen LogP contribution is 2.48. The van der Waals surface area contributed by atoms with E-state index in [1.807, 2.05) is 12.3 Å². The predicted octanol–water partition coefficient (Wildman–Crippen LogP) is 2.41. The summed E-state index contributed by atoms with van der Waals surface area (Å²) in [6.45, 7) is 2.31. The van der Waals surface area contributed by atoms with Crippen molar-refractivity contribution in [2.24, 2.45) is 11.3 Å². The minimum Gasteiger partial charge on any atom is -0.271 e. The number of hydrogen-bond acceptors (Lipinski definition) is 3. The Morgan fingerprint density at radius 3 is 2.83 bits per heavy atom. The molecule has 18 heavy (non-hydrogen) atoms. The normalized spacial score (nSPS) is 18.8. The molecule has 3 heteroatoms. The molecule has 0 bridgehead atoms. The lowest BCUT2D eigenvalue weighted by atomic mass is 9.91. The first-order chi connectivity index (χ1) is 8.73. The summed E-state index contributed by atoms with van der Waals surface area (Å²) in [5.41, 5.74) is 5.76. The summed E-state index contributed by atoms with van der Waals surface area (Å²) in [5, 5.41) is 1.24. The standard InChI is InChI=1S/C15H19N3/c1-15(7-8-15)14(18-16)10-11-6-9-17-13-5-3-2-4-12(11)13/h2-6,9,14,18H,7-8,10,16H2,1H3. The maximum absolute atomic E-state index is 5.73. The van der Waals surface area contributed by atoms with Crippen LogP contribution in [0.4, 0.5) is 0 Å². The van der Waals surface area contributed by atoms with Crippen molar-refractivity contribution in [2.45, 2.75) is 32.2 Å². The lowest BCUT2D eigenvalue weighted by Crippen LogP contribution is -2.42. The van der Waals surface area contributed by atoms with Crippen LogP contribution in [0.1, 0.15) is 25.3 Å². The topological polar surface area (TPSA) is 50.9 Å². The first-order valence-electron chi connectivity index (χ1n) is 6.52. The minimum atomic E-state index is 0.350. The minimum absolute atomic E-state index is 0.350. The zero-order chi connectivity index (χ0) is 12.6. The quantitative estimate of drug-likeness (QED) is 0.638. The fourth-order valence-corrected chi connectivity index (χ4v) is 2.61. The number of aromatic nitrogens is 1. The first kappa shape index (κ1) is 11.6. The molecule has 0 spiro atoms. The van der Waals surface area contributed by atoms with Gasteiger partial charge in [0.05, 0.1) is 5.52 Å². The largest absolute Gasteiger partial charge is 0.271 e. The van der Waals surface area contributed by atoms with Crippen LogP contribution in [-0.2, 0) is 6.42 Å². The number of nitrogens with two attached hydrogens (primary N) is 1. The van der Waals surface area contributed by atoms with Crippen molar-refractivity contribution in [1.29, 1.82) is 0 Å². The zero-order valence-corrected chi connectivity index (χ0v) is 10.7. The maximum atomic E-state index is 5.73. The van der Waals surface area contributed by atoms with Crippen molar-refractivity contribution in [1.82, 2.24) is 10.4 Å². The average Bonchev–Trinajstić information content (AvgIpc) is 3.15. The molecule has 3 nitrogen and oxygen atoms in total. The number of nitrogens with zero attached hydrogens (tertiary/aromatic N) is 1. The van der Waals surface area contributed by atoms with E-state index in [1.54, 1.807) is 0 Å². The Morgan fingerprint density at radius 1 is 1.33 bits per heavy atom. The van der Waals surface area contributed by atoms with Gasteiger partial charge >= 0.3 is 0 Å². The molecular weight excluding hydrogens is 222 g/mol. The number of fused-ring (bicyclic) bond motifs is 1. The fourth-order valence-electron chi connectivity index (χ4n) is 2.61. The number of para-hydroxylation sites is 1. The molecule has 3 N–H and O–H groups in total. The molecule has 1 aromatic carbocycles. The van der Waals surface area contributed by atoms with Gasteiger partial charge in [0.2, 0.25) is 0 Å². The number of pyridine rings is 1. The molecule has 1 unspecified atom stereocenters. The molecule has 0 amide bonds. The molecule has 0 radical (unpaired) electrons. The van der Waals surface area contributed by atoms with Gasteiger partial charge in [0.15, 0.2) is 0 Å². The van der Waals surface area contributed by atoms with E-state index in [0.717, 1.165) is 11.9 Å². The molecule has 1 heterocycles. The van der Waals surface area contributed by atoms with Gasteiger partial charge in [-0.15, -0.1) is 0 Å². The number of hydrogen-bond donors (Lipinski definition) is 2. The van der Waals surface area contributed by atoms with Gasteiger partial charge < -0.3 is 0 Å². The number of rotatable bonds is 4. The highest BCUT2D eigenvalue weighted by Gasteiger charge is 2.44. The molecule has 0 saturated heterocycles. The van der Waals surface area contributed by atoms with Crippen LogP contribution in [0.15, 0.2) is 36.5 Å². The van der Waals surface area contributed by atoms with E-state index in [0.29, 0.717) is 11.5 Å². The van der Waals surface area contributed by atoms with Crippen LogP contribution < -0.4 is 11.3 Å². The van der Waals surface area contributed by atoms with Gasteiger partial charge in [-0.2, -0.15) is 0 Å². The van der Waals surface area contributed by atoms with Crippen molar-refractivity contribution in [2.75, 3.05) is 0 Å². The molecule has 2 aromatic rings. The second-order valence-electron chi connectivity index (χ2n) is 5.56. The molecular formula is C15H19N3. The van der Waals surface area contributed by atoms with Crippen LogP contribution in [0.2, 0.25) is 0 Å². The zero-order valence-electron chi connectivity index (χ0n) is 10.7. The Kier molecular flexibility index (Phi) is 2.80. The molecule has 1 fully saturated rings. The molecule has 0 aliphatic heterocycles. The van der Waals surface area contributed by atoms with E-state index in [9.17, 15) is 0 Å². The predicted molar refractivity (Wildman–Crippen MR) is 73.9 cm³/mol. The van der Waals surface area contributed by atoms with E-state index in [4.69, 9.17) is 5.84 Å². The second-order valence-corrected chi connectivity index (χ2v) is 5.56. The van der Waals surface area contributed by atoms with Crippen LogP contribution in [-0.4, -0.2) is 11.0 Å². The van der Waals surface area contributed by atoms with Gasteiger partial charge in [-0.05, 0) is 42.4 Å². The van der Waals surface area contributed by atoms with E-state index in [-0.39, 0.29) is 0 Å². The first-order valence-corrected chi connectivity index (χ1v) is 6.52. The smallest absolute Gasteiger partial charge is 0.0704 e. The van der Waals surface area contributed by atoms with Crippen LogP contribution >= 0.6 is 0 Å². The fraction of sp³-hybridized carbons (Fsp3) is 0.400. The second kappa shape index (κ2) is 4.34. The Morgan fingerprint density at radius 2 is 2.11 bits per heavy atom. The van der Waals surface area contributed by atoms with Crippen molar-refractivity contribution < 1.29 is 0 Å². The van der Waals surface area contributed by atoms with Crippen molar-refractivity contribution >= 4 is 10.9 Å². The van der Waals surface area contributed by atoms with E-state index in [1.165, 1.54) is 23.8 Å². The Bertz CT molecular complexity index is 555. The summed E-state index contributed by atoms with van der Waals surface area (Å²) in [7, 11) is 0. The van der Waals surface area contributed by atoms with Crippen LogP contribution in [0.5, 0.6) is 0 Å². The molecule has 1 aromatic heterocycles. The van der Waals surface area contributed by atoms with Crippen LogP contribution in [0.3, 0.4) is 0 Å². The van der Waals surface area contributed by atoms with Gasteiger partial charge in [-0.3, -0.25) is 16.3 Å². The molecule has 1 atom stereocenters. The van der Waals surface area contributed by atoms with Crippen LogP contribution in [0.25, 0.3) is 10.9 Å². The summed E-state index contributed by atoms with van der Waals surface area (Å²) in [5.74, 6) is 5.73. The lowest BCUT2D eigenvalue weighted by molar-refractivity contribution is 0.360. The number of hydrazine groups is 1. The summed E-state index contributed by atoms with van der Waals surface area (Å²) in [6.07, 6.45) is 5.40. The highest BCUT2D eigenvalue weighted by atomic mass is 15.2. The summed E-state index contributed by atoms with van der Waals surface area (Å²) in [6, 6.07) is 10.8. The molecule has 1 aliphatic carbocycles. The van der Waals surface area contributed by atoms with Gasteiger partial charge in [-0.25, -0.2) is 0 Å². The van der Waals surface area contributed by atoms with E-state index < -0.39 is 0 Å². The summed E-state index contributed by atoms with van der Waals surface area (Å²) in [4.78, 5) is 4.40. The van der Waals surface area contributed by atoms with Gasteiger partial charge in [0, 0.05) is 17.6 Å². The van der Waals surface area contributed by atoms with Crippen LogP contribution in [0, 0.1) is 5.41 Å². The molecule has 1 aliphatic rings. The number of nitrogens with one attached hydrogen (secondary N) is 1. The monoisotopic (exact) mass is 241 g/mol. The summed E-state index contributed by atoms with van der Waals surface area (Å²) < 4.78 is 0. The third kappa shape index (κ3) is 2.00. The van der Waals surface area contributed by atoms with Crippen molar-refractivity contribution in [3.63, 3.8) is 0 Å². The maximum Gasteiger partial charge on any atom is 0.0704 e. The average molecular weight is 241 g/mol. The van der Waals surface area contributed by atoms with Gasteiger partial charge in [0.25, 0.3) is 0 Å². The SMILES string of the molecule is CC1(C(Cc2ccnc3ccccc23)NN)CC1. The van der Waals surface area contributed by atoms with E-state index >= 15 is 0 Å². The third-order valence-corrected chi connectivity index (χ3v) is 4.24. The lowest BCUT2D eigenvalue weighted by Gasteiger charge is -2.23. The molecule has 1 saturated carbocycles. The molecule has 3 rings (SSSR count). The Hall–Kier alpha value is -1.45. The van der Waals surface area contributed by atoms with Gasteiger partial charge in [-0.1, -0.05) is 25.1 Å². The third-order valence-electron chi connectivity index (χ3n) is 4.24. The van der Waals surface area contributed by atoms with Crippen molar-refractivity contribution in [3.8, 4) is 0 Å². The summed E-state index contributed by atoms with van der Waals surface area (Å²) >= 11 is 0. The highest BCUT2D eigenvalue weighted by molar-refractivity contribution is 5.81. The Balaban J connectivity index is 1.94. The van der Waals surface area contributed by atoms with Crippen molar-refractivity contribution in [3.05, 3.63) is 42.1 Å². The Labute approximate surface area is 107 Å².